The summed E-state index contributed by atoms with van der Waals surface area (Å²) in [5.41, 5.74) is 2.79. The van der Waals surface area contributed by atoms with Gasteiger partial charge in [0.1, 0.15) is 11.9 Å². The lowest BCUT2D eigenvalue weighted by atomic mass is 9.79. The van der Waals surface area contributed by atoms with Crippen LogP contribution in [0.3, 0.4) is 0 Å². The number of nitrogens with one attached hydrogen (secondary N) is 2. The molecule has 12 heteroatoms. The van der Waals surface area contributed by atoms with Gasteiger partial charge in [-0.2, -0.15) is 0 Å². The monoisotopic (exact) mass is 785 g/mol. The number of amides is 1. The lowest BCUT2D eigenvalue weighted by molar-refractivity contribution is -0.0907. The van der Waals surface area contributed by atoms with E-state index < -0.39 is 52.1 Å². The number of rotatable bonds is 19. The van der Waals surface area contributed by atoms with E-state index in [2.05, 4.69) is 53.1 Å². The number of aliphatic hydroxyl groups excluding tert-OH is 1. The number of ether oxygens (including phenoxy) is 4. The van der Waals surface area contributed by atoms with Crippen molar-refractivity contribution in [2.24, 2.45) is 11.3 Å². The molecule has 0 radical (unpaired) electrons. The van der Waals surface area contributed by atoms with Crippen LogP contribution in [0, 0.1) is 11.3 Å². The van der Waals surface area contributed by atoms with Crippen LogP contribution in [0.15, 0.2) is 120 Å². The minimum Gasteiger partial charge on any atom is -0.497 e. The maximum atomic E-state index is 14.0. The largest absolute Gasteiger partial charge is 0.497 e. The van der Waals surface area contributed by atoms with Crippen molar-refractivity contribution in [3.63, 3.8) is 0 Å². The molecule has 3 N–H and O–H groups in total. The average molecular weight is 786 g/mol. The molecule has 1 amide bonds. The quantitative estimate of drug-likeness (QED) is 0.100. The standard InChI is InChI=1S/C44H55N3O8S/c1-44(2,24-25-47(29-33-15-9-5-10-16-33)30-34-17-11-6-12-18-34)28-39(46-56(50,51)36-21-19-35(52-3)20-22-36)41(48)38(27-32-13-7-4-8-14-32)45-43(49)55-40-31-54-42-37(40)23-26-53-42/h4-22,37-42,46,48H,23-31H2,1-3H3,(H,45,49)/t37-,38+,39?,40-,41-,42+/m1/s1. The van der Waals surface area contributed by atoms with Crippen LogP contribution in [0.2, 0.25) is 0 Å². The maximum absolute atomic E-state index is 14.0. The molecule has 2 heterocycles. The first-order valence-corrected chi connectivity index (χ1v) is 20.9. The summed E-state index contributed by atoms with van der Waals surface area (Å²) >= 11 is 0. The predicted molar refractivity (Wildman–Crippen MR) is 214 cm³/mol. The Bertz CT molecular complexity index is 1870. The van der Waals surface area contributed by atoms with Crippen molar-refractivity contribution in [3.05, 3.63) is 132 Å². The highest BCUT2D eigenvalue weighted by atomic mass is 32.2. The molecule has 11 nitrogen and oxygen atoms in total. The SMILES string of the molecule is COc1ccc(S(=O)(=O)NC(CC(C)(C)CCN(Cc2ccccc2)Cc2ccccc2)[C@H](O)[C@H](Cc2ccccc2)NC(=O)O[C@@H]2CO[C@@H]3OCC[C@@H]32)cc1. The number of methoxy groups -OCH3 is 1. The van der Waals surface area contributed by atoms with Crippen molar-refractivity contribution in [3.8, 4) is 5.75 Å². The summed E-state index contributed by atoms with van der Waals surface area (Å²) in [5.74, 6) is 0.456. The Balaban J connectivity index is 1.24. The van der Waals surface area contributed by atoms with E-state index in [1.807, 2.05) is 66.7 Å². The molecule has 56 heavy (non-hydrogen) atoms. The van der Waals surface area contributed by atoms with E-state index in [-0.39, 0.29) is 30.3 Å². The highest BCUT2D eigenvalue weighted by molar-refractivity contribution is 7.89. The number of aliphatic hydroxyl groups is 1. The first-order valence-electron chi connectivity index (χ1n) is 19.4. The van der Waals surface area contributed by atoms with Crippen molar-refractivity contribution >= 4 is 16.1 Å². The van der Waals surface area contributed by atoms with Crippen molar-refractivity contribution in [1.29, 1.82) is 0 Å². The molecule has 300 valence electrons. The summed E-state index contributed by atoms with van der Waals surface area (Å²) in [4.78, 5) is 16.0. The smallest absolute Gasteiger partial charge is 0.407 e. The molecule has 0 aliphatic carbocycles. The summed E-state index contributed by atoms with van der Waals surface area (Å²) in [6.45, 7) is 7.14. The number of hydrogen-bond acceptors (Lipinski definition) is 9. The van der Waals surface area contributed by atoms with Crippen LogP contribution in [0.4, 0.5) is 4.79 Å². The molecule has 0 aromatic heterocycles. The van der Waals surface area contributed by atoms with Gasteiger partial charge >= 0.3 is 6.09 Å². The summed E-state index contributed by atoms with van der Waals surface area (Å²) < 4.78 is 53.3. The second-order valence-electron chi connectivity index (χ2n) is 15.6. The van der Waals surface area contributed by atoms with E-state index in [4.69, 9.17) is 18.9 Å². The van der Waals surface area contributed by atoms with Gasteiger partial charge in [0, 0.05) is 13.1 Å². The van der Waals surface area contributed by atoms with Gasteiger partial charge in [0.25, 0.3) is 0 Å². The third-order valence-corrected chi connectivity index (χ3v) is 12.2. The van der Waals surface area contributed by atoms with Gasteiger partial charge in [0.05, 0.1) is 49.3 Å². The molecule has 6 rings (SSSR count). The zero-order valence-corrected chi connectivity index (χ0v) is 33.3. The van der Waals surface area contributed by atoms with Crippen LogP contribution in [0.25, 0.3) is 0 Å². The van der Waals surface area contributed by atoms with Crippen molar-refractivity contribution in [2.45, 2.75) is 88.1 Å². The third-order valence-electron chi connectivity index (χ3n) is 10.7. The number of nitrogens with zero attached hydrogens (tertiary/aromatic N) is 1. The molecule has 2 fully saturated rings. The van der Waals surface area contributed by atoms with Crippen LogP contribution in [-0.2, 0) is 43.7 Å². The van der Waals surface area contributed by atoms with Crippen LogP contribution < -0.4 is 14.8 Å². The Hall–Kier alpha value is -4.30. The van der Waals surface area contributed by atoms with Crippen molar-refractivity contribution in [1.82, 2.24) is 14.9 Å². The van der Waals surface area contributed by atoms with Gasteiger partial charge in [-0.25, -0.2) is 17.9 Å². The molecule has 2 aliphatic rings. The van der Waals surface area contributed by atoms with Gasteiger partial charge in [-0.05, 0) is 78.6 Å². The molecule has 6 atom stereocenters. The normalized spacial score (nSPS) is 19.9. The molecule has 0 saturated carbocycles. The van der Waals surface area contributed by atoms with Crippen LogP contribution in [0.1, 0.15) is 49.8 Å². The van der Waals surface area contributed by atoms with Gasteiger partial charge in [-0.3, -0.25) is 4.90 Å². The van der Waals surface area contributed by atoms with E-state index >= 15 is 0 Å². The molecular formula is C44H55N3O8S. The number of benzene rings is 4. The summed E-state index contributed by atoms with van der Waals surface area (Å²) in [7, 11) is -2.61. The lowest BCUT2D eigenvalue weighted by Crippen LogP contribution is -2.56. The zero-order chi connectivity index (χ0) is 39.5. The summed E-state index contributed by atoms with van der Waals surface area (Å²) in [5, 5.41) is 15.3. The first kappa shape index (κ1) is 41.3. The molecule has 0 bridgehead atoms. The number of hydrogen-bond donors (Lipinski definition) is 3. The third kappa shape index (κ3) is 11.6. The second kappa shape index (κ2) is 19.2. The van der Waals surface area contributed by atoms with Gasteiger partial charge < -0.3 is 29.4 Å². The topological polar surface area (TPSA) is 136 Å². The Morgan fingerprint density at radius 1 is 0.857 bits per heavy atom. The van der Waals surface area contributed by atoms with E-state index in [0.29, 0.717) is 18.8 Å². The fourth-order valence-corrected chi connectivity index (χ4v) is 8.84. The number of sulfonamides is 1. The lowest BCUT2D eigenvalue weighted by Gasteiger charge is -2.37. The fraction of sp³-hybridized carbons (Fsp3) is 0.432. The Kier molecular flexibility index (Phi) is 14.2. The number of alkyl carbamates (subject to hydrolysis) is 1. The summed E-state index contributed by atoms with van der Waals surface area (Å²) in [6, 6.07) is 34.3. The van der Waals surface area contributed by atoms with Crippen molar-refractivity contribution in [2.75, 3.05) is 26.9 Å². The predicted octanol–water partition coefficient (Wildman–Crippen LogP) is 6.31. The van der Waals surface area contributed by atoms with Gasteiger partial charge in [-0.1, -0.05) is 105 Å². The molecule has 2 saturated heterocycles. The van der Waals surface area contributed by atoms with Crippen LogP contribution in [-0.4, -0.2) is 82.0 Å². The van der Waals surface area contributed by atoms with E-state index in [1.54, 1.807) is 12.1 Å². The average Bonchev–Trinajstić information content (AvgIpc) is 3.82. The molecule has 0 spiro atoms. The van der Waals surface area contributed by atoms with Gasteiger partial charge in [0.2, 0.25) is 10.0 Å². The van der Waals surface area contributed by atoms with Crippen LogP contribution >= 0.6 is 0 Å². The zero-order valence-electron chi connectivity index (χ0n) is 32.5. The number of fused-ring (bicyclic) bond motifs is 1. The highest BCUT2D eigenvalue weighted by Crippen LogP contribution is 2.34. The molecule has 4 aromatic carbocycles. The molecule has 1 unspecified atom stereocenters. The van der Waals surface area contributed by atoms with Gasteiger partial charge in [-0.15, -0.1) is 0 Å². The highest BCUT2D eigenvalue weighted by Gasteiger charge is 2.44. The van der Waals surface area contributed by atoms with Gasteiger partial charge in [0.15, 0.2) is 6.29 Å². The molecule has 4 aromatic rings. The summed E-state index contributed by atoms with van der Waals surface area (Å²) in [6.07, 6.45) is -1.02. The minimum absolute atomic E-state index is 0.0340. The number of carbonyl (C=O) groups is 1. The molecule has 2 aliphatic heterocycles. The van der Waals surface area contributed by atoms with E-state index in [9.17, 15) is 18.3 Å². The minimum atomic E-state index is -4.13. The molecular weight excluding hydrogens is 731 g/mol. The van der Waals surface area contributed by atoms with Crippen molar-refractivity contribution < 1.29 is 37.3 Å². The van der Waals surface area contributed by atoms with E-state index in [1.165, 1.54) is 30.4 Å². The second-order valence-corrected chi connectivity index (χ2v) is 17.3. The Morgan fingerprint density at radius 2 is 1.45 bits per heavy atom. The van der Waals surface area contributed by atoms with Crippen LogP contribution in [0.5, 0.6) is 5.75 Å². The Labute approximate surface area is 331 Å². The Morgan fingerprint density at radius 3 is 2.04 bits per heavy atom. The maximum Gasteiger partial charge on any atom is 0.407 e. The number of carbonyl (C=O) groups excluding carboxylic acids is 1. The first-order chi connectivity index (χ1) is 27.0. The van der Waals surface area contributed by atoms with E-state index in [0.717, 1.165) is 31.6 Å². The fourth-order valence-electron chi connectivity index (χ4n) is 7.59.